The molecule has 3 heterocycles. The van der Waals surface area contributed by atoms with Crippen LogP contribution in [0.25, 0.3) is 33.5 Å². The topological polar surface area (TPSA) is 127 Å². The predicted octanol–water partition coefficient (Wildman–Crippen LogP) is 3.03. The van der Waals surface area contributed by atoms with Gasteiger partial charge in [0.2, 0.25) is 0 Å². The smallest absolute Gasteiger partial charge is 0.255 e. The number of rotatable bonds is 10. The Morgan fingerprint density at radius 3 is 2.69 bits per heavy atom. The molecule has 4 rings (SSSR count). The van der Waals surface area contributed by atoms with Crippen LogP contribution in [0, 0.1) is 0 Å². The number of hydrogen-bond acceptors (Lipinski definition) is 7. The molecule has 3 N–H and O–H groups in total. The Morgan fingerprint density at radius 2 is 2.00 bits per heavy atom. The van der Waals surface area contributed by atoms with Crippen molar-refractivity contribution < 1.29 is 19.7 Å². The lowest BCUT2D eigenvalue weighted by molar-refractivity contribution is 0.0866. The van der Waals surface area contributed by atoms with Crippen LogP contribution in [0.15, 0.2) is 30.6 Å². The third-order valence-electron chi connectivity index (χ3n) is 5.87. The van der Waals surface area contributed by atoms with Gasteiger partial charge in [-0.3, -0.25) is 9.48 Å². The zero-order valence-corrected chi connectivity index (χ0v) is 22.6. The zero-order chi connectivity index (χ0) is 26.0. The molecular weight excluding hydrogens is 500 g/mol. The lowest BCUT2D eigenvalue weighted by Crippen LogP contribution is -2.40. The lowest BCUT2D eigenvalue weighted by Gasteiger charge is -2.15. The van der Waals surface area contributed by atoms with E-state index in [4.69, 9.17) is 21.3 Å². The van der Waals surface area contributed by atoms with Gasteiger partial charge in [-0.25, -0.2) is 9.97 Å². The van der Waals surface area contributed by atoms with Gasteiger partial charge in [0.15, 0.2) is 5.65 Å². The maximum atomic E-state index is 13.1. The third kappa shape index (κ3) is 5.60. The molecule has 4 aromatic rings. The first-order valence-corrected chi connectivity index (χ1v) is 15.8. The van der Waals surface area contributed by atoms with E-state index >= 15 is 0 Å². The first kappa shape index (κ1) is 26.2. The Kier molecular flexibility index (Phi) is 7.76. The number of amides is 1. The second-order valence-corrected chi connectivity index (χ2v) is 16.0. The number of carbonyl (C=O) groups excluding carboxylic acids is 1. The molecule has 1 amide bonds. The number of aryl methyl sites for hydroxylation is 1. The van der Waals surface area contributed by atoms with Crippen molar-refractivity contribution in [2.24, 2.45) is 7.05 Å². The van der Waals surface area contributed by atoms with E-state index < -0.39 is 20.0 Å². The molecule has 0 atom stereocenters. The van der Waals surface area contributed by atoms with Gasteiger partial charge in [0.05, 0.1) is 36.5 Å². The number of carbonyl (C=O) groups is 1. The lowest BCUT2D eigenvalue weighted by atomic mass is 10.1. The van der Waals surface area contributed by atoms with Crippen LogP contribution in [0.3, 0.4) is 0 Å². The number of benzene rings is 1. The van der Waals surface area contributed by atoms with E-state index in [0.29, 0.717) is 34.2 Å². The number of nitrogens with one attached hydrogen (secondary N) is 1. The average Bonchev–Trinajstić information content (AvgIpc) is 3.36. The fourth-order valence-corrected chi connectivity index (χ4v) is 4.73. The molecule has 0 aliphatic heterocycles. The highest BCUT2D eigenvalue weighted by molar-refractivity contribution is 6.76. The van der Waals surface area contributed by atoms with E-state index in [9.17, 15) is 15.0 Å². The number of fused-ring (bicyclic) bond motifs is 2. The highest BCUT2D eigenvalue weighted by Crippen LogP contribution is 2.30. The number of aliphatic hydroxyl groups is 2. The highest BCUT2D eigenvalue weighted by atomic mass is 35.5. The van der Waals surface area contributed by atoms with E-state index in [-0.39, 0.29) is 25.5 Å². The molecule has 0 radical (unpaired) electrons. The SMILES string of the molecule is Cn1nc(-c2cnc3c(n2)c(C(=O)NC(CO)CO)cn3COCC[Si](C)(C)C)c2ccc(Cl)cc21. The number of aliphatic hydroxyl groups excluding tert-OH is 2. The Hall–Kier alpha value is -2.83. The van der Waals surface area contributed by atoms with Crippen LogP contribution in [0.2, 0.25) is 30.7 Å². The van der Waals surface area contributed by atoms with E-state index in [0.717, 1.165) is 16.9 Å². The van der Waals surface area contributed by atoms with Gasteiger partial charge in [-0.2, -0.15) is 5.10 Å². The number of halogens is 1. The van der Waals surface area contributed by atoms with E-state index in [1.165, 1.54) is 0 Å². The van der Waals surface area contributed by atoms with Crippen molar-refractivity contribution in [3.05, 3.63) is 41.2 Å². The molecular formula is C24H31ClN6O4Si. The fourth-order valence-electron chi connectivity index (χ4n) is 3.80. The van der Waals surface area contributed by atoms with E-state index in [2.05, 4.69) is 35.0 Å². The van der Waals surface area contributed by atoms with Gasteiger partial charge in [-0.05, 0) is 24.2 Å². The van der Waals surface area contributed by atoms with Crippen LogP contribution >= 0.6 is 11.6 Å². The maximum Gasteiger partial charge on any atom is 0.255 e. The fraction of sp³-hybridized carbons (Fsp3) is 0.417. The van der Waals surface area contributed by atoms with Crippen molar-refractivity contribution in [1.82, 2.24) is 29.6 Å². The first-order chi connectivity index (χ1) is 17.1. The largest absolute Gasteiger partial charge is 0.394 e. The van der Waals surface area contributed by atoms with Crippen LogP contribution < -0.4 is 5.32 Å². The van der Waals surface area contributed by atoms with Gasteiger partial charge in [0.1, 0.15) is 23.6 Å². The van der Waals surface area contributed by atoms with E-state index in [1.54, 1.807) is 27.7 Å². The van der Waals surface area contributed by atoms with E-state index in [1.807, 2.05) is 19.2 Å². The van der Waals surface area contributed by atoms with Crippen molar-refractivity contribution in [2.45, 2.75) is 38.5 Å². The summed E-state index contributed by atoms with van der Waals surface area (Å²) in [7, 11) is 0.576. The van der Waals surface area contributed by atoms with Crippen LogP contribution in [-0.2, 0) is 18.5 Å². The Morgan fingerprint density at radius 1 is 1.25 bits per heavy atom. The molecule has 0 aliphatic carbocycles. The first-order valence-electron chi connectivity index (χ1n) is 11.7. The summed E-state index contributed by atoms with van der Waals surface area (Å²) in [4.78, 5) is 22.5. The highest BCUT2D eigenvalue weighted by Gasteiger charge is 2.22. The van der Waals surface area contributed by atoms with Gasteiger partial charge in [-0.15, -0.1) is 0 Å². The van der Waals surface area contributed by atoms with Crippen LogP contribution in [0.5, 0.6) is 0 Å². The molecule has 0 spiro atoms. The van der Waals surface area contributed by atoms with Crippen molar-refractivity contribution in [1.29, 1.82) is 0 Å². The third-order valence-corrected chi connectivity index (χ3v) is 7.81. The molecule has 0 aliphatic rings. The van der Waals surface area contributed by atoms with Crippen molar-refractivity contribution >= 4 is 47.6 Å². The molecule has 12 heteroatoms. The molecule has 10 nitrogen and oxygen atoms in total. The summed E-state index contributed by atoms with van der Waals surface area (Å²) in [6, 6.07) is 5.73. The number of hydrogen-bond donors (Lipinski definition) is 3. The van der Waals surface area contributed by atoms with Gasteiger partial charge < -0.3 is 24.8 Å². The molecule has 192 valence electrons. The summed E-state index contributed by atoms with van der Waals surface area (Å²) >= 11 is 6.16. The van der Waals surface area contributed by atoms with Crippen LogP contribution in [-0.4, -0.2) is 74.4 Å². The van der Waals surface area contributed by atoms with Gasteiger partial charge in [0.25, 0.3) is 5.91 Å². The molecule has 0 saturated carbocycles. The molecule has 0 saturated heterocycles. The number of ether oxygens (including phenoxy) is 1. The zero-order valence-electron chi connectivity index (χ0n) is 20.8. The van der Waals surface area contributed by atoms with Crippen molar-refractivity contribution in [3.8, 4) is 11.4 Å². The number of nitrogens with zero attached hydrogens (tertiary/aromatic N) is 5. The quantitative estimate of drug-likeness (QED) is 0.212. The molecule has 0 fully saturated rings. The summed E-state index contributed by atoms with van der Waals surface area (Å²) < 4.78 is 9.36. The molecule has 0 bridgehead atoms. The summed E-state index contributed by atoms with van der Waals surface area (Å²) in [5.41, 5.74) is 3.10. The van der Waals surface area contributed by atoms with Crippen LogP contribution in [0.1, 0.15) is 10.4 Å². The molecule has 3 aromatic heterocycles. The van der Waals surface area contributed by atoms with Crippen LogP contribution in [0.4, 0.5) is 0 Å². The molecule has 1 aromatic carbocycles. The minimum atomic E-state index is -1.25. The second-order valence-electron chi connectivity index (χ2n) is 9.96. The molecule has 36 heavy (non-hydrogen) atoms. The standard InChI is InChI=1S/C24H31ClN6O4Si/c1-30-20-9-15(25)5-6-17(20)21(29-30)19-10-26-23-22(28-19)18(24(34)27-16(12-32)13-33)11-31(23)14-35-7-8-36(2,3)4/h5-6,9-11,16,32-33H,7-8,12-14H2,1-4H3,(H,27,34). The molecule has 0 unspecified atom stereocenters. The van der Waals surface area contributed by atoms with Gasteiger partial charge >= 0.3 is 0 Å². The maximum absolute atomic E-state index is 13.1. The average molecular weight is 531 g/mol. The van der Waals surface area contributed by atoms with Gasteiger partial charge in [-0.1, -0.05) is 31.2 Å². The normalized spacial score (nSPS) is 12.2. The van der Waals surface area contributed by atoms with Crippen molar-refractivity contribution in [3.63, 3.8) is 0 Å². The summed E-state index contributed by atoms with van der Waals surface area (Å²) in [5, 5.41) is 27.5. The van der Waals surface area contributed by atoms with Crippen molar-refractivity contribution in [2.75, 3.05) is 19.8 Å². The Balaban J connectivity index is 1.75. The summed E-state index contributed by atoms with van der Waals surface area (Å²) in [6.45, 7) is 6.90. The van der Waals surface area contributed by atoms with Gasteiger partial charge in [0, 0.05) is 38.3 Å². The second kappa shape index (κ2) is 10.6. The minimum absolute atomic E-state index is 0.219. The number of aromatic nitrogens is 5. The predicted molar refractivity (Wildman–Crippen MR) is 142 cm³/mol. The Labute approximate surface area is 214 Å². The monoisotopic (exact) mass is 530 g/mol. The minimum Gasteiger partial charge on any atom is -0.394 e. The summed E-state index contributed by atoms with van der Waals surface area (Å²) in [5.74, 6) is -0.474. The Bertz CT molecular complexity index is 1390. The summed E-state index contributed by atoms with van der Waals surface area (Å²) in [6.07, 6.45) is 3.27.